The smallest absolute Gasteiger partial charge is 0.0322 e. The van der Waals surface area contributed by atoms with E-state index in [0.29, 0.717) is 12.1 Å². The molecule has 0 aromatic heterocycles. The summed E-state index contributed by atoms with van der Waals surface area (Å²) in [6.45, 7) is 13.5. The van der Waals surface area contributed by atoms with E-state index in [0.717, 1.165) is 0 Å². The maximum absolute atomic E-state index is 3.69. The summed E-state index contributed by atoms with van der Waals surface area (Å²) < 4.78 is 0. The first-order valence-corrected chi connectivity index (χ1v) is 7.71. The van der Waals surface area contributed by atoms with Crippen LogP contribution in [0.5, 0.6) is 0 Å². The third-order valence-electron chi connectivity index (χ3n) is 3.56. The van der Waals surface area contributed by atoms with Crippen LogP contribution in [0, 0.1) is 0 Å². The molecule has 1 atom stereocenters. The predicted octanol–water partition coefficient (Wildman–Crippen LogP) is 5.21. The van der Waals surface area contributed by atoms with Crippen molar-refractivity contribution in [3.63, 3.8) is 0 Å². The van der Waals surface area contributed by atoms with Crippen LogP contribution in [0.2, 0.25) is 0 Å². The van der Waals surface area contributed by atoms with Gasteiger partial charge in [-0.05, 0) is 23.0 Å². The summed E-state index contributed by atoms with van der Waals surface area (Å²) in [5, 5.41) is 3.69. The fraction of sp³-hybridized carbons (Fsp3) is 0.667. The minimum Gasteiger partial charge on any atom is -0.308 e. The Bertz CT molecular complexity index is 356. The van der Waals surface area contributed by atoms with Crippen molar-refractivity contribution in [2.45, 2.75) is 78.3 Å². The number of nitrogens with one attached hydrogen (secondary N) is 1. The van der Waals surface area contributed by atoms with Gasteiger partial charge in [0.05, 0.1) is 0 Å². The maximum Gasteiger partial charge on any atom is 0.0322 e. The van der Waals surface area contributed by atoms with Gasteiger partial charge in [0.15, 0.2) is 0 Å². The molecule has 0 aliphatic heterocycles. The molecule has 0 fully saturated rings. The van der Waals surface area contributed by atoms with E-state index in [2.05, 4.69) is 71.1 Å². The summed E-state index contributed by atoms with van der Waals surface area (Å²) >= 11 is 0. The van der Waals surface area contributed by atoms with Crippen molar-refractivity contribution in [3.05, 3.63) is 35.4 Å². The van der Waals surface area contributed by atoms with E-state index in [4.69, 9.17) is 0 Å². The second-order valence-corrected chi connectivity index (χ2v) is 6.89. The lowest BCUT2D eigenvalue weighted by molar-refractivity contribution is 0.439. The lowest BCUT2D eigenvalue weighted by Crippen LogP contribution is -2.28. The number of hydrogen-bond donors (Lipinski definition) is 1. The molecule has 0 saturated heterocycles. The molecule has 1 rings (SSSR count). The normalized spacial score (nSPS) is 13.8. The van der Waals surface area contributed by atoms with Gasteiger partial charge in [-0.15, -0.1) is 0 Å². The molecule has 0 bridgehead atoms. The summed E-state index contributed by atoms with van der Waals surface area (Å²) in [6, 6.07) is 10.2. The fourth-order valence-electron chi connectivity index (χ4n) is 2.37. The van der Waals surface area contributed by atoms with Crippen LogP contribution in [0.4, 0.5) is 0 Å². The molecule has 1 unspecified atom stereocenters. The van der Waals surface area contributed by atoms with Gasteiger partial charge in [-0.2, -0.15) is 0 Å². The van der Waals surface area contributed by atoms with Crippen molar-refractivity contribution < 1.29 is 0 Å². The van der Waals surface area contributed by atoms with E-state index in [1.165, 1.54) is 30.4 Å². The largest absolute Gasteiger partial charge is 0.308 e. The molecule has 0 aliphatic carbocycles. The van der Waals surface area contributed by atoms with E-state index in [-0.39, 0.29) is 5.41 Å². The highest BCUT2D eigenvalue weighted by atomic mass is 14.9. The molecule has 0 spiro atoms. The highest BCUT2D eigenvalue weighted by Crippen LogP contribution is 2.26. The topological polar surface area (TPSA) is 12.0 Å². The summed E-state index contributed by atoms with van der Waals surface area (Å²) in [4.78, 5) is 0. The predicted molar refractivity (Wildman–Crippen MR) is 85.7 cm³/mol. The van der Waals surface area contributed by atoms with Crippen LogP contribution in [-0.2, 0) is 5.41 Å². The standard InChI is InChI=1S/C18H31N/c1-7-8-9-17(19-14(2)3)15-10-12-16(13-11-15)18(4,5)6/h10-14,17,19H,7-9H2,1-6H3. The molecule has 0 radical (unpaired) electrons. The van der Waals surface area contributed by atoms with Crippen LogP contribution in [0.3, 0.4) is 0 Å². The minimum atomic E-state index is 0.239. The quantitative estimate of drug-likeness (QED) is 0.741. The van der Waals surface area contributed by atoms with Crippen molar-refractivity contribution in [3.8, 4) is 0 Å². The first-order chi connectivity index (χ1) is 8.84. The zero-order chi connectivity index (χ0) is 14.5. The molecule has 1 aromatic carbocycles. The summed E-state index contributed by atoms with van der Waals surface area (Å²) in [5.41, 5.74) is 3.08. The zero-order valence-electron chi connectivity index (χ0n) is 13.6. The maximum atomic E-state index is 3.69. The molecule has 1 aromatic rings. The zero-order valence-corrected chi connectivity index (χ0v) is 13.6. The third-order valence-corrected chi connectivity index (χ3v) is 3.56. The van der Waals surface area contributed by atoms with Crippen LogP contribution in [0.15, 0.2) is 24.3 Å². The van der Waals surface area contributed by atoms with Crippen molar-refractivity contribution >= 4 is 0 Å². The molecule has 1 heteroatoms. The Balaban J connectivity index is 2.84. The lowest BCUT2D eigenvalue weighted by atomic mass is 9.86. The number of unbranched alkanes of at least 4 members (excludes halogenated alkanes) is 1. The first kappa shape index (κ1) is 16.2. The van der Waals surface area contributed by atoms with E-state index in [1.807, 2.05) is 0 Å². The van der Waals surface area contributed by atoms with Gasteiger partial charge in [-0.25, -0.2) is 0 Å². The molecule has 108 valence electrons. The number of hydrogen-bond acceptors (Lipinski definition) is 1. The fourth-order valence-corrected chi connectivity index (χ4v) is 2.37. The van der Waals surface area contributed by atoms with Gasteiger partial charge in [0, 0.05) is 12.1 Å². The van der Waals surface area contributed by atoms with Gasteiger partial charge in [0.1, 0.15) is 0 Å². The van der Waals surface area contributed by atoms with Gasteiger partial charge in [-0.1, -0.05) is 78.6 Å². The van der Waals surface area contributed by atoms with Crippen molar-refractivity contribution in [1.29, 1.82) is 0 Å². The number of benzene rings is 1. The third kappa shape index (κ3) is 5.36. The minimum absolute atomic E-state index is 0.239. The second-order valence-electron chi connectivity index (χ2n) is 6.89. The average Bonchev–Trinajstić information content (AvgIpc) is 2.33. The number of rotatable bonds is 6. The Hall–Kier alpha value is -0.820. The Morgan fingerprint density at radius 1 is 1.05 bits per heavy atom. The Kier molecular flexibility index (Phi) is 6.06. The highest BCUT2D eigenvalue weighted by molar-refractivity contribution is 5.29. The van der Waals surface area contributed by atoms with Crippen molar-refractivity contribution in [2.24, 2.45) is 0 Å². The monoisotopic (exact) mass is 261 g/mol. The summed E-state index contributed by atoms with van der Waals surface area (Å²) in [7, 11) is 0. The van der Waals surface area contributed by atoms with Gasteiger partial charge < -0.3 is 5.32 Å². The van der Waals surface area contributed by atoms with Gasteiger partial charge in [0.2, 0.25) is 0 Å². The molecule has 0 saturated carbocycles. The van der Waals surface area contributed by atoms with Crippen molar-refractivity contribution in [1.82, 2.24) is 5.32 Å². The molecule has 19 heavy (non-hydrogen) atoms. The summed E-state index contributed by atoms with van der Waals surface area (Å²) in [6.07, 6.45) is 3.77. The molecule has 0 amide bonds. The summed E-state index contributed by atoms with van der Waals surface area (Å²) in [5.74, 6) is 0. The van der Waals surface area contributed by atoms with Gasteiger partial charge in [-0.3, -0.25) is 0 Å². The van der Waals surface area contributed by atoms with Crippen LogP contribution < -0.4 is 5.32 Å². The highest BCUT2D eigenvalue weighted by Gasteiger charge is 2.16. The molecular formula is C18H31N. The first-order valence-electron chi connectivity index (χ1n) is 7.71. The molecular weight excluding hydrogens is 230 g/mol. The Morgan fingerprint density at radius 3 is 2.05 bits per heavy atom. The average molecular weight is 261 g/mol. The molecule has 0 aliphatic rings. The molecule has 1 N–H and O–H groups in total. The van der Waals surface area contributed by atoms with Crippen LogP contribution in [0.1, 0.15) is 78.0 Å². The van der Waals surface area contributed by atoms with E-state index in [9.17, 15) is 0 Å². The Labute approximate surface area is 119 Å². The van der Waals surface area contributed by atoms with E-state index < -0.39 is 0 Å². The van der Waals surface area contributed by atoms with Gasteiger partial charge in [0.25, 0.3) is 0 Å². The van der Waals surface area contributed by atoms with E-state index in [1.54, 1.807) is 0 Å². The lowest BCUT2D eigenvalue weighted by Gasteiger charge is -2.24. The van der Waals surface area contributed by atoms with Crippen LogP contribution in [-0.4, -0.2) is 6.04 Å². The van der Waals surface area contributed by atoms with Crippen LogP contribution >= 0.6 is 0 Å². The molecule has 1 nitrogen and oxygen atoms in total. The van der Waals surface area contributed by atoms with Crippen molar-refractivity contribution in [2.75, 3.05) is 0 Å². The van der Waals surface area contributed by atoms with Crippen LogP contribution in [0.25, 0.3) is 0 Å². The molecule has 0 heterocycles. The Morgan fingerprint density at radius 2 is 1.63 bits per heavy atom. The second kappa shape index (κ2) is 7.09. The van der Waals surface area contributed by atoms with E-state index >= 15 is 0 Å². The van der Waals surface area contributed by atoms with Gasteiger partial charge >= 0.3 is 0 Å². The SMILES string of the molecule is CCCCC(NC(C)C)c1ccc(C(C)(C)C)cc1.